The first-order chi connectivity index (χ1) is 31.8. The molecule has 3 aliphatic carbocycles. The number of benzene rings is 10. The van der Waals surface area contributed by atoms with Gasteiger partial charge in [0.25, 0.3) is 0 Å². The van der Waals surface area contributed by atoms with E-state index >= 15 is 0 Å². The van der Waals surface area contributed by atoms with Gasteiger partial charge in [-0.1, -0.05) is 194 Å². The van der Waals surface area contributed by atoms with Crippen molar-refractivity contribution in [2.45, 2.75) is 10.8 Å². The van der Waals surface area contributed by atoms with Gasteiger partial charge in [0.05, 0.1) is 33.6 Å². The SMILES string of the molecule is c1ccc(N2c3ccccc3C3(c4ccccc4-c4c(N(c5ccccc5)c5cccc6c5-c5ccccc5C65c6ccccc6-c6ccccc65)cccc43)c3ccccc32)cc1. The normalized spacial score (nSPS) is 14.5. The smallest absolute Gasteiger partial charge is 0.0755 e. The quantitative estimate of drug-likeness (QED) is 0.175. The van der Waals surface area contributed by atoms with E-state index in [1.807, 2.05) is 0 Å². The predicted octanol–water partition coefficient (Wildman–Crippen LogP) is 15.6. The summed E-state index contributed by atoms with van der Waals surface area (Å²) >= 11 is 0. The van der Waals surface area contributed by atoms with Crippen LogP contribution >= 0.6 is 0 Å². The van der Waals surface area contributed by atoms with Crippen LogP contribution in [0.1, 0.15) is 44.5 Å². The van der Waals surface area contributed by atoms with Crippen molar-refractivity contribution in [3.05, 3.63) is 287 Å². The minimum absolute atomic E-state index is 0.451. The molecule has 10 aromatic rings. The fraction of sp³-hybridized carbons (Fsp3) is 0.0323. The van der Waals surface area contributed by atoms with Crippen LogP contribution in [-0.4, -0.2) is 0 Å². The molecular weight excluding hydrogens is 773 g/mol. The molecule has 0 aromatic heterocycles. The molecule has 2 heteroatoms. The maximum absolute atomic E-state index is 2.56. The number of nitrogens with zero attached hydrogens (tertiary/aromatic N) is 2. The molecule has 0 saturated carbocycles. The van der Waals surface area contributed by atoms with Gasteiger partial charge < -0.3 is 9.80 Å². The van der Waals surface area contributed by atoms with E-state index in [4.69, 9.17) is 0 Å². The molecule has 0 fully saturated rings. The zero-order chi connectivity index (χ0) is 42.0. The Kier molecular flexibility index (Phi) is 7.28. The molecule has 4 aliphatic rings. The lowest BCUT2D eigenvalue weighted by atomic mass is 9.64. The fourth-order valence-corrected chi connectivity index (χ4v) is 12.5. The number of hydrogen-bond donors (Lipinski definition) is 0. The fourth-order valence-electron chi connectivity index (χ4n) is 12.5. The van der Waals surface area contributed by atoms with Crippen LogP contribution in [0, 0.1) is 0 Å². The van der Waals surface area contributed by atoms with E-state index in [0.717, 1.165) is 17.1 Å². The topological polar surface area (TPSA) is 6.48 Å². The molecule has 0 radical (unpaired) electrons. The molecule has 0 saturated heterocycles. The van der Waals surface area contributed by atoms with Gasteiger partial charge in [-0.15, -0.1) is 0 Å². The van der Waals surface area contributed by atoms with E-state index in [1.54, 1.807) is 0 Å². The zero-order valence-electron chi connectivity index (χ0n) is 35.0. The maximum atomic E-state index is 2.56. The molecule has 0 bridgehead atoms. The monoisotopic (exact) mass is 812 g/mol. The zero-order valence-corrected chi connectivity index (χ0v) is 35.0. The van der Waals surface area contributed by atoms with Crippen LogP contribution in [0.4, 0.5) is 34.1 Å². The molecular formula is C62H40N2. The van der Waals surface area contributed by atoms with Gasteiger partial charge in [-0.3, -0.25) is 0 Å². The van der Waals surface area contributed by atoms with Gasteiger partial charge in [-0.25, -0.2) is 0 Å². The second-order valence-electron chi connectivity index (χ2n) is 17.5. The Hall–Kier alpha value is -8.20. The third kappa shape index (κ3) is 4.34. The molecule has 0 N–H and O–H groups in total. The van der Waals surface area contributed by atoms with Crippen LogP contribution in [0.3, 0.4) is 0 Å². The van der Waals surface area contributed by atoms with Crippen molar-refractivity contribution in [3.8, 4) is 33.4 Å². The molecule has 1 aliphatic heterocycles. The first kappa shape index (κ1) is 35.4. The van der Waals surface area contributed by atoms with Crippen molar-refractivity contribution in [2.24, 2.45) is 0 Å². The highest BCUT2D eigenvalue weighted by Crippen LogP contribution is 2.67. The summed E-state index contributed by atoms with van der Waals surface area (Å²) in [6.07, 6.45) is 0. The van der Waals surface area contributed by atoms with Crippen molar-refractivity contribution >= 4 is 34.1 Å². The summed E-state index contributed by atoms with van der Waals surface area (Å²) in [5.74, 6) is 0. The number of anilines is 6. The highest BCUT2D eigenvalue weighted by molar-refractivity contribution is 6.05. The first-order valence-electron chi connectivity index (χ1n) is 22.4. The summed E-state index contributed by atoms with van der Waals surface area (Å²) < 4.78 is 0. The Morgan fingerprint density at radius 2 is 0.609 bits per heavy atom. The standard InChI is InChI=1S/C62H40N2/c1-3-21-41(22-4-1)63-55-37-17-15-33-51(55)62(52-34-16-18-38-56(52)63)50-32-14-10-28-46(50)60-54(62)36-20-40-58(60)64(42-23-5-2-6-24-42)57-39-19-35-53-59(57)45-27-9-13-31-49(45)61(53)47-29-11-7-25-43(47)44-26-8-12-30-48(44)61/h1-40H. The number of fused-ring (bicyclic) bond motifs is 19. The number of rotatable bonds is 4. The summed E-state index contributed by atoms with van der Waals surface area (Å²) in [4.78, 5) is 5.02. The molecule has 0 amide bonds. The lowest BCUT2D eigenvalue weighted by molar-refractivity contribution is 0.752. The lowest BCUT2D eigenvalue weighted by Gasteiger charge is -2.45. The summed E-state index contributed by atoms with van der Waals surface area (Å²) in [5.41, 5.74) is 24.2. The average molecular weight is 813 g/mol. The molecule has 14 rings (SSSR count). The predicted molar refractivity (Wildman–Crippen MR) is 263 cm³/mol. The second-order valence-corrected chi connectivity index (χ2v) is 17.5. The Morgan fingerprint density at radius 3 is 1.09 bits per heavy atom. The van der Waals surface area contributed by atoms with Crippen molar-refractivity contribution < 1.29 is 0 Å². The molecule has 64 heavy (non-hydrogen) atoms. The summed E-state index contributed by atoms with van der Waals surface area (Å²) in [5, 5.41) is 0. The minimum atomic E-state index is -0.574. The van der Waals surface area contributed by atoms with Gasteiger partial charge in [0, 0.05) is 22.5 Å². The van der Waals surface area contributed by atoms with Crippen LogP contribution in [0.2, 0.25) is 0 Å². The van der Waals surface area contributed by atoms with Gasteiger partial charge in [-0.05, 0) is 115 Å². The Bertz CT molecular complexity index is 3440. The summed E-state index contributed by atoms with van der Waals surface area (Å²) in [6.45, 7) is 0. The van der Waals surface area contributed by atoms with E-state index in [9.17, 15) is 0 Å². The van der Waals surface area contributed by atoms with E-state index in [2.05, 4.69) is 252 Å². The van der Waals surface area contributed by atoms with Gasteiger partial charge in [0.1, 0.15) is 0 Å². The molecule has 10 aromatic carbocycles. The van der Waals surface area contributed by atoms with Crippen molar-refractivity contribution in [3.63, 3.8) is 0 Å². The summed E-state index contributed by atoms with van der Waals surface area (Å²) in [6, 6.07) is 90.6. The molecule has 298 valence electrons. The van der Waals surface area contributed by atoms with Gasteiger partial charge in [0.15, 0.2) is 0 Å². The molecule has 0 atom stereocenters. The van der Waals surface area contributed by atoms with Gasteiger partial charge in [-0.2, -0.15) is 0 Å². The molecule has 2 nitrogen and oxygen atoms in total. The number of hydrogen-bond acceptors (Lipinski definition) is 2. The van der Waals surface area contributed by atoms with Gasteiger partial charge in [0.2, 0.25) is 0 Å². The van der Waals surface area contributed by atoms with E-state index < -0.39 is 10.8 Å². The average Bonchev–Trinajstić information content (AvgIpc) is 3.96. The van der Waals surface area contributed by atoms with Crippen molar-refractivity contribution in [1.82, 2.24) is 0 Å². The van der Waals surface area contributed by atoms with Crippen molar-refractivity contribution in [1.29, 1.82) is 0 Å². The largest absolute Gasteiger partial charge is 0.310 e. The van der Waals surface area contributed by atoms with Crippen molar-refractivity contribution in [2.75, 3.05) is 9.80 Å². The van der Waals surface area contributed by atoms with Crippen LogP contribution in [0.25, 0.3) is 33.4 Å². The van der Waals surface area contributed by atoms with E-state index in [1.165, 1.54) is 95.0 Å². The Labute approximate surface area is 373 Å². The second kappa shape index (κ2) is 13.2. The van der Waals surface area contributed by atoms with Crippen LogP contribution in [0.5, 0.6) is 0 Å². The lowest BCUT2D eigenvalue weighted by Crippen LogP contribution is -2.36. The van der Waals surface area contributed by atoms with Crippen LogP contribution in [0.15, 0.2) is 243 Å². The number of para-hydroxylation sites is 4. The minimum Gasteiger partial charge on any atom is -0.310 e. The third-order valence-electron chi connectivity index (χ3n) is 14.7. The maximum Gasteiger partial charge on any atom is 0.0755 e. The van der Waals surface area contributed by atoms with Crippen LogP contribution < -0.4 is 9.80 Å². The first-order valence-corrected chi connectivity index (χ1v) is 22.4. The molecule has 1 heterocycles. The molecule has 2 spiro atoms. The summed E-state index contributed by atoms with van der Waals surface area (Å²) in [7, 11) is 0. The van der Waals surface area contributed by atoms with Gasteiger partial charge >= 0.3 is 0 Å². The Morgan fingerprint density at radius 1 is 0.266 bits per heavy atom. The van der Waals surface area contributed by atoms with Crippen LogP contribution in [-0.2, 0) is 10.8 Å². The van der Waals surface area contributed by atoms with E-state index in [-0.39, 0.29) is 0 Å². The highest BCUT2D eigenvalue weighted by atomic mass is 15.2. The third-order valence-corrected chi connectivity index (χ3v) is 14.7. The Balaban J connectivity index is 1.08. The highest BCUT2D eigenvalue weighted by Gasteiger charge is 2.54. The van der Waals surface area contributed by atoms with E-state index in [0.29, 0.717) is 0 Å². The molecule has 0 unspecified atom stereocenters.